The van der Waals surface area contributed by atoms with Gasteiger partial charge in [-0.3, -0.25) is 0 Å². The number of anilines is 1. The molecule has 0 atom stereocenters. The number of benzene rings is 1. The topological polar surface area (TPSA) is 61.0 Å². The van der Waals surface area contributed by atoms with Crippen LogP contribution in [-0.2, 0) is 13.0 Å². The molecule has 0 spiro atoms. The van der Waals surface area contributed by atoms with Gasteiger partial charge < -0.3 is 10.5 Å². The van der Waals surface area contributed by atoms with E-state index in [4.69, 9.17) is 10.5 Å². The smallest absolute Gasteiger partial charge is 0.168 e. The molecule has 4 nitrogen and oxygen atoms in total. The average molecular weight is 271 g/mol. The Morgan fingerprint density at radius 2 is 1.90 bits per heavy atom. The minimum atomic E-state index is 0.334. The zero-order chi connectivity index (χ0) is 14.4. The van der Waals surface area contributed by atoms with Crippen LogP contribution in [0.4, 0.5) is 5.82 Å². The van der Waals surface area contributed by atoms with Gasteiger partial charge in [0.05, 0.1) is 0 Å². The predicted octanol–water partition coefficient (Wildman–Crippen LogP) is 3.29. The van der Waals surface area contributed by atoms with Crippen LogP contribution in [0.1, 0.15) is 36.8 Å². The van der Waals surface area contributed by atoms with E-state index in [2.05, 4.69) is 29.0 Å². The highest BCUT2D eigenvalue weighted by Gasteiger charge is 2.02. The van der Waals surface area contributed by atoms with E-state index >= 15 is 0 Å². The lowest BCUT2D eigenvalue weighted by Crippen LogP contribution is -2.05. The summed E-state index contributed by atoms with van der Waals surface area (Å²) in [6.07, 6.45) is 3.55. The molecule has 4 heteroatoms. The van der Waals surface area contributed by atoms with Crippen molar-refractivity contribution < 1.29 is 4.74 Å². The molecule has 20 heavy (non-hydrogen) atoms. The Kier molecular flexibility index (Phi) is 4.93. The van der Waals surface area contributed by atoms with Gasteiger partial charge in [0.15, 0.2) is 5.82 Å². The van der Waals surface area contributed by atoms with Crippen LogP contribution in [0.2, 0.25) is 0 Å². The lowest BCUT2D eigenvalue weighted by molar-refractivity contribution is 0.295. The number of aromatic nitrogens is 2. The molecule has 0 saturated carbocycles. The molecular formula is C16H21N3O. The van der Waals surface area contributed by atoms with E-state index in [9.17, 15) is 0 Å². The van der Waals surface area contributed by atoms with Crippen LogP contribution in [0.15, 0.2) is 30.3 Å². The first-order chi connectivity index (χ1) is 9.67. The first-order valence-electron chi connectivity index (χ1n) is 6.99. The summed E-state index contributed by atoms with van der Waals surface area (Å²) in [6.45, 7) is 4.43. The number of rotatable bonds is 6. The van der Waals surface area contributed by atoms with Crippen LogP contribution in [0, 0.1) is 6.92 Å². The Balaban J connectivity index is 1.93. The maximum absolute atomic E-state index is 5.69. The van der Waals surface area contributed by atoms with Gasteiger partial charge in [-0.1, -0.05) is 25.5 Å². The minimum Gasteiger partial charge on any atom is -0.486 e. The van der Waals surface area contributed by atoms with Crippen LogP contribution < -0.4 is 10.5 Å². The molecule has 0 saturated heterocycles. The van der Waals surface area contributed by atoms with Crippen molar-refractivity contribution >= 4 is 5.82 Å². The van der Waals surface area contributed by atoms with E-state index in [1.807, 2.05) is 19.1 Å². The maximum Gasteiger partial charge on any atom is 0.168 e. The molecule has 0 bridgehead atoms. The van der Waals surface area contributed by atoms with Crippen LogP contribution in [0.25, 0.3) is 0 Å². The highest BCUT2D eigenvalue weighted by atomic mass is 16.5. The zero-order valence-electron chi connectivity index (χ0n) is 12.1. The fourth-order valence-corrected chi connectivity index (χ4v) is 2.00. The third kappa shape index (κ3) is 4.23. The first kappa shape index (κ1) is 14.3. The van der Waals surface area contributed by atoms with Gasteiger partial charge in [-0.05, 0) is 37.5 Å². The standard InChI is InChI=1S/C16H21N3O/c1-3-4-5-13-6-8-14(9-7-13)20-11-16-18-12(2)10-15(17)19-16/h6-10H,3-5,11H2,1-2H3,(H2,17,18,19). The molecule has 0 fully saturated rings. The summed E-state index contributed by atoms with van der Waals surface area (Å²) in [5.74, 6) is 1.91. The van der Waals surface area contributed by atoms with Gasteiger partial charge in [0.2, 0.25) is 0 Å². The lowest BCUT2D eigenvalue weighted by Gasteiger charge is -2.07. The quantitative estimate of drug-likeness (QED) is 0.875. The molecule has 0 amide bonds. The van der Waals surface area contributed by atoms with E-state index in [0.29, 0.717) is 18.2 Å². The van der Waals surface area contributed by atoms with Crippen molar-refractivity contribution in [3.63, 3.8) is 0 Å². The molecule has 0 aliphatic carbocycles. The Hall–Kier alpha value is -2.10. The minimum absolute atomic E-state index is 0.334. The van der Waals surface area contributed by atoms with Crippen molar-refractivity contribution in [2.75, 3.05) is 5.73 Å². The molecule has 106 valence electrons. The second-order valence-electron chi connectivity index (χ2n) is 4.89. The van der Waals surface area contributed by atoms with Gasteiger partial charge in [-0.25, -0.2) is 9.97 Å². The van der Waals surface area contributed by atoms with E-state index in [1.165, 1.54) is 18.4 Å². The van der Waals surface area contributed by atoms with Crippen molar-refractivity contribution in [2.24, 2.45) is 0 Å². The van der Waals surface area contributed by atoms with Gasteiger partial charge in [0, 0.05) is 11.8 Å². The van der Waals surface area contributed by atoms with Gasteiger partial charge in [0.1, 0.15) is 18.2 Å². The molecule has 1 heterocycles. The van der Waals surface area contributed by atoms with Crippen LogP contribution in [0.5, 0.6) is 5.75 Å². The zero-order valence-corrected chi connectivity index (χ0v) is 12.1. The van der Waals surface area contributed by atoms with Gasteiger partial charge in [-0.15, -0.1) is 0 Å². The summed E-state index contributed by atoms with van der Waals surface area (Å²) in [5, 5.41) is 0. The first-order valence-corrected chi connectivity index (χ1v) is 6.99. The molecule has 2 aromatic rings. The molecule has 1 aromatic heterocycles. The summed E-state index contributed by atoms with van der Waals surface area (Å²) in [4.78, 5) is 8.44. The van der Waals surface area contributed by atoms with Gasteiger partial charge >= 0.3 is 0 Å². The highest BCUT2D eigenvalue weighted by molar-refractivity contribution is 5.30. The number of hydrogen-bond donors (Lipinski definition) is 1. The second kappa shape index (κ2) is 6.89. The number of nitrogens with two attached hydrogens (primary N) is 1. The summed E-state index contributed by atoms with van der Waals surface area (Å²) >= 11 is 0. The SMILES string of the molecule is CCCCc1ccc(OCc2nc(C)cc(N)n2)cc1. The molecule has 0 aliphatic rings. The van der Waals surface area contributed by atoms with Crippen LogP contribution in [0.3, 0.4) is 0 Å². The Morgan fingerprint density at radius 3 is 2.55 bits per heavy atom. The second-order valence-corrected chi connectivity index (χ2v) is 4.89. The molecular weight excluding hydrogens is 250 g/mol. The Bertz CT molecular complexity index is 532. The Labute approximate surface area is 120 Å². The van der Waals surface area contributed by atoms with Crippen molar-refractivity contribution in [3.05, 3.63) is 47.4 Å². The maximum atomic E-state index is 5.69. The largest absolute Gasteiger partial charge is 0.486 e. The summed E-state index contributed by atoms with van der Waals surface area (Å²) in [7, 11) is 0. The van der Waals surface area contributed by atoms with Crippen molar-refractivity contribution in [1.82, 2.24) is 9.97 Å². The summed E-state index contributed by atoms with van der Waals surface area (Å²) in [6, 6.07) is 9.94. The molecule has 0 aliphatic heterocycles. The van der Waals surface area contributed by atoms with Crippen LogP contribution in [-0.4, -0.2) is 9.97 Å². The fourth-order valence-electron chi connectivity index (χ4n) is 2.00. The van der Waals surface area contributed by atoms with Crippen molar-refractivity contribution in [3.8, 4) is 5.75 Å². The normalized spacial score (nSPS) is 10.5. The van der Waals surface area contributed by atoms with E-state index in [-0.39, 0.29) is 0 Å². The number of nitrogen functional groups attached to an aromatic ring is 1. The summed E-state index contributed by atoms with van der Waals surface area (Å²) < 4.78 is 5.68. The number of hydrogen-bond acceptors (Lipinski definition) is 4. The number of aryl methyl sites for hydroxylation is 2. The van der Waals surface area contributed by atoms with Gasteiger partial charge in [0.25, 0.3) is 0 Å². The Morgan fingerprint density at radius 1 is 1.15 bits per heavy atom. The fraction of sp³-hybridized carbons (Fsp3) is 0.375. The van der Waals surface area contributed by atoms with Gasteiger partial charge in [-0.2, -0.15) is 0 Å². The van der Waals surface area contributed by atoms with Crippen molar-refractivity contribution in [1.29, 1.82) is 0 Å². The number of nitrogens with zero attached hydrogens (tertiary/aromatic N) is 2. The third-order valence-corrected chi connectivity index (χ3v) is 3.03. The average Bonchev–Trinajstić information content (AvgIpc) is 2.43. The molecule has 2 N–H and O–H groups in total. The van der Waals surface area contributed by atoms with E-state index in [1.54, 1.807) is 6.07 Å². The predicted molar refractivity (Wildman–Crippen MR) is 80.6 cm³/mol. The molecule has 1 aromatic carbocycles. The number of unbranched alkanes of at least 4 members (excludes halogenated alkanes) is 1. The van der Waals surface area contributed by atoms with Crippen molar-refractivity contribution in [2.45, 2.75) is 39.7 Å². The summed E-state index contributed by atoms with van der Waals surface area (Å²) in [5.41, 5.74) is 7.88. The third-order valence-electron chi connectivity index (χ3n) is 3.03. The molecule has 0 unspecified atom stereocenters. The lowest BCUT2D eigenvalue weighted by atomic mass is 10.1. The molecule has 2 rings (SSSR count). The highest BCUT2D eigenvalue weighted by Crippen LogP contribution is 2.15. The number of ether oxygens (including phenoxy) is 1. The van der Waals surface area contributed by atoms with E-state index in [0.717, 1.165) is 17.9 Å². The van der Waals surface area contributed by atoms with E-state index < -0.39 is 0 Å². The molecule has 0 radical (unpaired) electrons. The monoisotopic (exact) mass is 271 g/mol. The van der Waals surface area contributed by atoms with Crippen LogP contribution >= 0.6 is 0 Å².